The summed E-state index contributed by atoms with van der Waals surface area (Å²) < 4.78 is 0. The van der Waals surface area contributed by atoms with Gasteiger partial charge in [-0.2, -0.15) is 0 Å². The summed E-state index contributed by atoms with van der Waals surface area (Å²) in [5.74, 6) is 0. The van der Waals surface area contributed by atoms with Crippen LogP contribution in [0.15, 0.2) is 0 Å². The van der Waals surface area contributed by atoms with Gasteiger partial charge in [0.2, 0.25) is 0 Å². The number of halogens is 2. The lowest BCUT2D eigenvalue weighted by Gasteiger charge is -2.20. The van der Waals surface area contributed by atoms with Gasteiger partial charge in [0.25, 0.3) is 0 Å². The fraction of sp³-hybridized carbons (Fsp3) is 1.00. The molecule has 0 spiro atoms. The van der Waals surface area contributed by atoms with E-state index in [1.807, 2.05) is 0 Å². The summed E-state index contributed by atoms with van der Waals surface area (Å²) in [6, 6.07) is 1.37. The van der Waals surface area contributed by atoms with Crippen LogP contribution >= 0.6 is 24.8 Å². The van der Waals surface area contributed by atoms with Gasteiger partial charge < -0.3 is 20.8 Å². The molecule has 0 aromatic rings. The molecule has 0 bridgehead atoms. The second-order valence-electron chi connectivity index (χ2n) is 10.2. The van der Waals surface area contributed by atoms with Gasteiger partial charge in [0.1, 0.15) is 0 Å². The van der Waals surface area contributed by atoms with Gasteiger partial charge in [0, 0.05) is 25.3 Å². The van der Waals surface area contributed by atoms with Crippen LogP contribution in [0.4, 0.5) is 0 Å². The van der Waals surface area contributed by atoms with E-state index in [1.165, 1.54) is 109 Å². The molecule has 4 N–H and O–H groups in total. The molecule has 6 heteroatoms. The predicted octanol–water partition coefficient (Wildman–Crippen LogP) is 7.96. The molecule has 0 aliphatic carbocycles. The van der Waals surface area contributed by atoms with E-state index < -0.39 is 0 Å². The molecule has 2 atom stereocenters. The van der Waals surface area contributed by atoms with Gasteiger partial charge in [-0.3, -0.25) is 0 Å². The van der Waals surface area contributed by atoms with E-state index in [9.17, 15) is 0 Å². The maximum Gasteiger partial charge on any atom is 0.0431 e. The quantitative estimate of drug-likeness (QED) is 0.0756. The van der Waals surface area contributed by atoms with Gasteiger partial charge in [-0.1, -0.05) is 84.5 Å². The Kier molecular flexibility index (Phi) is 39.3. The lowest BCUT2D eigenvalue weighted by molar-refractivity contribution is 0.282. The number of aliphatic hydroxyl groups is 2. The van der Waals surface area contributed by atoms with Crippen LogP contribution in [0.1, 0.15) is 149 Å². The van der Waals surface area contributed by atoms with E-state index in [2.05, 4.69) is 24.5 Å². The highest BCUT2D eigenvalue weighted by Crippen LogP contribution is 2.16. The minimum atomic E-state index is 0. The average molecular weight is 544 g/mol. The summed E-state index contributed by atoms with van der Waals surface area (Å²) in [5, 5.41) is 25.6. The average Bonchev–Trinajstić information content (AvgIpc) is 2.82. The first-order valence-corrected chi connectivity index (χ1v) is 15.0. The standard InChI is InChI=1S/C29H62N2O2.2ClH/c1-3-5-7-12-20-28(30-24-16-10-18-26-32)22-14-9-15-23-29(21-13-8-6-4-2)31-25-17-11-19-27-33;;/h28-33H,3-27H2,1-2H3;2*1H. The number of hydrogen-bond donors (Lipinski definition) is 4. The minimum Gasteiger partial charge on any atom is -0.396 e. The molecule has 0 amide bonds. The van der Waals surface area contributed by atoms with Crippen molar-refractivity contribution in [1.82, 2.24) is 10.6 Å². The van der Waals surface area contributed by atoms with Crippen molar-refractivity contribution in [2.75, 3.05) is 26.3 Å². The van der Waals surface area contributed by atoms with Gasteiger partial charge in [-0.05, 0) is 77.3 Å². The van der Waals surface area contributed by atoms with Crippen LogP contribution in [-0.4, -0.2) is 48.6 Å². The third kappa shape index (κ3) is 30.5. The maximum absolute atomic E-state index is 8.97. The summed E-state index contributed by atoms with van der Waals surface area (Å²) in [7, 11) is 0. The second kappa shape index (κ2) is 34.4. The molecule has 0 saturated carbocycles. The van der Waals surface area contributed by atoms with Crippen LogP contribution in [0, 0.1) is 0 Å². The van der Waals surface area contributed by atoms with Crippen molar-refractivity contribution in [1.29, 1.82) is 0 Å². The van der Waals surface area contributed by atoms with Gasteiger partial charge >= 0.3 is 0 Å². The first-order chi connectivity index (χ1) is 16.3. The summed E-state index contributed by atoms with van der Waals surface area (Å²) in [4.78, 5) is 0. The van der Waals surface area contributed by atoms with E-state index in [0.29, 0.717) is 25.3 Å². The van der Waals surface area contributed by atoms with Crippen LogP contribution in [0.3, 0.4) is 0 Å². The monoisotopic (exact) mass is 542 g/mol. The van der Waals surface area contributed by atoms with Gasteiger partial charge in [0.15, 0.2) is 0 Å². The fourth-order valence-electron chi connectivity index (χ4n) is 4.73. The largest absolute Gasteiger partial charge is 0.396 e. The number of unbranched alkanes of at least 4 members (excludes halogenated alkanes) is 12. The van der Waals surface area contributed by atoms with E-state index in [4.69, 9.17) is 10.2 Å². The molecule has 0 heterocycles. The number of aliphatic hydroxyl groups excluding tert-OH is 2. The molecular weight excluding hydrogens is 479 g/mol. The Labute approximate surface area is 232 Å². The fourth-order valence-corrected chi connectivity index (χ4v) is 4.73. The Morgan fingerprint density at radius 2 is 0.743 bits per heavy atom. The summed E-state index contributed by atoms with van der Waals surface area (Å²) in [5.41, 5.74) is 0. The molecule has 0 aliphatic heterocycles. The third-order valence-corrected chi connectivity index (χ3v) is 6.95. The Morgan fingerprint density at radius 1 is 0.429 bits per heavy atom. The van der Waals surface area contributed by atoms with Crippen molar-refractivity contribution in [2.45, 2.75) is 161 Å². The minimum absolute atomic E-state index is 0. The zero-order valence-corrected chi connectivity index (χ0v) is 25.2. The molecule has 35 heavy (non-hydrogen) atoms. The molecule has 0 aromatic carbocycles. The Hall–Kier alpha value is 0.420. The van der Waals surface area contributed by atoms with E-state index in [1.54, 1.807) is 0 Å². The van der Waals surface area contributed by atoms with Gasteiger partial charge in [-0.25, -0.2) is 0 Å². The highest BCUT2D eigenvalue weighted by atomic mass is 35.5. The lowest BCUT2D eigenvalue weighted by Crippen LogP contribution is -2.30. The van der Waals surface area contributed by atoms with Crippen LogP contribution in [0.5, 0.6) is 0 Å². The van der Waals surface area contributed by atoms with Crippen molar-refractivity contribution in [2.24, 2.45) is 0 Å². The van der Waals surface area contributed by atoms with E-state index in [-0.39, 0.29) is 24.8 Å². The maximum atomic E-state index is 8.97. The zero-order chi connectivity index (χ0) is 24.2. The Bertz CT molecular complexity index is 334. The molecular formula is C29H64Cl2N2O2. The molecule has 0 rings (SSSR count). The van der Waals surface area contributed by atoms with Crippen molar-refractivity contribution >= 4 is 24.8 Å². The second-order valence-corrected chi connectivity index (χ2v) is 10.2. The summed E-state index contributed by atoms with van der Waals surface area (Å²) in [6.45, 7) is 7.46. The van der Waals surface area contributed by atoms with Crippen molar-refractivity contribution in [3.63, 3.8) is 0 Å². The van der Waals surface area contributed by atoms with Crippen molar-refractivity contribution < 1.29 is 10.2 Å². The van der Waals surface area contributed by atoms with E-state index in [0.717, 1.165) is 38.8 Å². The summed E-state index contributed by atoms with van der Waals surface area (Å²) in [6.07, 6.45) is 26.7. The van der Waals surface area contributed by atoms with Gasteiger partial charge in [-0.15, -0.1) is 24.8 Å². The lowest BCUT2D eigenvalue weighted by atomic mass is 9.98. The van der Waals surface area contributed by atoms with Crippen LogP contribution in [0.2, 0.25) is 0 Å². The highest BCUT2D eigenvalue weighted by Gasteiger charge is 2.10. The topological polar surface area (TPSA) is 64.5 Å². The van der Waals surface area contributed by atoms with E-state index >= 15 is 0 Å². The molecule has 0 fully saturated rings. The first kappa shape index (κ1) is 39.9. The number of rotatable bonds is 28. The SMILES string of the molecule is CCCCCCC(CCCCCC(CCCCCC)NCCCCCO)NCCCCCO.Cl.Cl. The first-order valence-electron chi connectivity index (χ1n) is 15.0. The molecule has 4 nitrogen and oxygen atoms in total. The van der Waals surface area contributed by atoms with Crippen LogP contribution in [-0.2, 0) is 0 Å². The van der Waals surface area contributed by atoms with Crippen molar-refractivity contribution in [3.8, 4) is 0 Å². The molecule has 0 radical (unpaired) electrons. The molecule has 216 valence electrons. The smallest absolute Gasteiger partial charge is 0.0431 e. The van der Waals surface area contributed by atoms with Crippen LogP contribution < -0.4 is 10.6 Å². The Morgan fingerprint density at radius 3 is 1.06 bits per heavy atom. The molecule has 2 unspecified atom stereocenters. The normalized spacial score (nSPS) is 12.7. The zero-order valence-electron chi connectivity index (χ0n) is 23.5. The summed E-state index contributed by atoms with van der Waals surface area (Å²) >= 11 is 0. The van der Waals surface area contributed by atoms with Crippen LogP contribution in [0.25, 0.3) is 0 Å². The molecule has 0 saturated heterocycles. The molecule has 0 aliphatic rings. The molecule has 0 aromatic heterocycles. The van der Waals surface area contributed by atoms with Gasteiger partial charge in [0.05, 0.1) is 0 Å². The number of hydrogen-bond acceptors (Lipinski definition) is 4. The number of nitrogens with one attached hydrogen (secondary N) is 2. The predicted molar refractivity (Wildman–Crippen MR) is 161 cm³/mol. The third-order valence-electron chi connectivity index (χ3n) is 6.95. The highest BCUT2D eigenvalue weighted by molar-refractivity contribution is 5.85. The van der Waals surface area contributed by atoms with Crippen molar-refractivity contribution in [3.05, 3.63) is 0 Å². The Balaban J connectivity index is -0.00000512.